The minimum absolute atomic E-state index is 0. The second-order valence-corrected chi connectivity index (χ2v) is 9.58. The fraction of sp³-hybridized carbons (Fsp3) is 0.600. The van der Waals surface area contributed by atoms with Crippen LogP contribution in [-0.4, -0.2) is 64.7 Å². The van der Waals surface area contributed by atoms with E-state index in [1.165, 1.54) is 32.9 Å². The van der Waals surface area contributed by atoms with Crippen LogP contribution in [-0.2, 0) is 20.0 Å². The Labute approximate surface area is 156 Å². The maximum atomic E-state index is 12.8. The van der Waals surface area contributed by atoms with E-state index in [0.717, 1.165) is 6.42 Å². The lowest BCUT2D eigenvalue weighted by molar-refractivity contribution is 0.445. The lowest BCUT2D eigenvalue weighted by Crippen LogP contribution is -2.34. The quantitative estimate of drug-likeness (QED) is 0.726. The molecule has 1 heterocycles. The van der Waals surface area contributed by atoms with Gasteiger partial charge in [0, 0.05) is 32.2 Å². The molecule has 0 radical (unpaired) electrons. The molecule has 1 saturated heterocycles. The molecule has 0 bridgehead atoms. The third-order valence-corrected chi connectivity index (χ3v) is 8.25. The van der Waals surface area contributed by atoms with Gasteiger partial charge in [-0.1, -0.05) is 19.9 Å². The normalized spacial score (nSPS) is 19.1. The fourth-order valence-electron chi connectivity index (χ4n) is 2.84. The molecule has 0 saturated carbocycles. The van der Waals surface area contributed by atoms with Crippen LogP contribution in [0.2, 0.25) is 0 Å². The topological polar surface area (TPSA) is 86.8 Å². The van der Waals surface area contributed by atoms with Gasteiger partial charge >= 0.3 is 0 Å². The van der Waals surface area contributed by atoms with Crippen molar-refractivity contribution >= 4 is 32.5 Å². The maximum absolute atomic E-state index is 12.8. The lowest BCUT2D eigenvalue weighted by Gasteiger charge is -2.20. The Morgan fingerprint density at radius 2 is 1.76 bits per heavy atom. The Hall–Kier alpha value is -0.710. The molecule has 0 amide bonds. The van der Waals surface area contributed by atoms with Crippen LogP contribution >= 0.6 is 12.4 Å². The zero-order valence-electron chi connectivity index (χ0n) is 14.7. The molecule has 0 aromatic heterocycles. The van der Waals surface area contributed by atoms with Gasteiger partial charge in [-0.25, -0.2) is 16.8 Å². The van der Waals surface area contributed by atoms with E-state index in [4.69, 9.17) is 0 Å². The highest BCUT2D eigenvalue weighted by molar-refractivity contribution is 7.90. The number of hydrogen-bond acceptors (Lipinski definition) is 5. The smallest absolute Gasteiger partial charge is 0.243 e. The number of nitrogens with zero attached hydrogens (tertiary/aromatic N) is 2. The SMILES string of the molecule is CCN(CC)S(=O)(=O)c1cccc(S(=O)(=O)N2CCC(NC)C2)c1.Cl. The Morgan fingerprint density at radius 3 is 2.28 bits per heavy atom. The predicted molar refractivity (Wildman–Crippen MR) is 100 cm³/mol. The van der Waals surface area contributed by atoms with Crippen LogP contribution in [0.4, 0.5) is 0 Å². The average Bonchev–Trinajstić information content (AvgIpc) is 3.06. The van der Waals surface area contributed by atoms with Gasteiger partial charge in [0.05, 0.1) is 9.79 Å². The molecule has 1 N–H and O–H groups in total. The number of halogens is 1. The van der Waals surface area contributed by atoms with Gasteiger partial charge in [-0.3, -0.25) is 0 Å². The number of likely N-dealkylation sites (N-methyl/N-ethyl adjacent to an activating group) is 1. The average molecular weight is 412 g/mol. The molecule has 2 rings (SSSR count). The Morgan fingerprint density at radius 1 is 1.16 bits per heavy atom. The van der Waals surface area contributed by atoms with E-state index in [1.54, 1.807) is 20.9 Å². The van der Waals surface area contributed by atoms with Crippen molar-refractivity contribution in [3.05, 3.63) is 24.3 Å². The molecular weight excluding hydrogens is 386 g/mol. The molecule has 1 aromatic carbocycles. The zero-order valence-corrected chi connectivity index (χ0v) is 17.1. The molecule has 0 aliphatic carbocycles. The van der Waals surface area contributed by atoms with Crippen molar-refractivity contribution < 1.29 is 16.8 Å². The van der Waals surface area contributed by atoms with Crippen molar-refractivity contribution in [3.63, 3.8) is 0 Å². The number of hydrogen-bond donors (Lipinski definition) is 1. The molecule has 10 heteroatoms. The molecule has 25 heavy (non-hydrogen) atoms. The van der Waals surface area contributed by atoms with Gasteiger partial charge in [-0.15, -0.1) is 12.4 Å². The molecule has 1 aromatic rings. The van der Waals surface area contributed by atoms with E-state index in [-0.39, 0.29) is 28.2 Å². The highest BCUT2D eigenvalue weighted by atomic mass is 35.5. The van der Waals surface area contributed by atoms with E-state index >= 15 is 0 Å². The summed E-state index contributed by atoms with van der Waals surface area (Å²) in [6.45, 7) is 5.01. The molecule has 1 aliphatic rings. The van der Waals surface area contributed by atoms with Crippen LogP contribution in [0.15, 0.2) is 34.1 Å². The Balaban J connectivity index is 0.00000312. The maximum Gasteiger partial charge on any atom is 0.243 e. The summed E-state index contributed by atoms with van der Waals surface area (Å²) >= 11 is 0. The first-order valence-corrected chi connectivity index (χ1v) is 10.9. The van der Waals surface area contributed by atoms with E-state index in [9.17, 15) is 16.8 Å². The molecule has 0 spiro atoms. The second-order valence-electron chi connectivity index (χ2n) is 5.70. The van der Waals surface area contributed by atoms with Crippen molar-refractivity contribution in [2.75, 3.05) is 33.2 Å². The summed E-state index contributed by atoms with van der Waals surface area (Å²) in [6, 6.07) is 5.75. The molecule has 1 aliphatic heterocycles. The first-order chi connectivity index (χ1) is 11.3. The van der Waals surface area contributed by atoms with Gasteiger partial charge in [0.15, 0.2) is 0 Å². The zero-order chi connectivity index (χ0) is 18.0. The minimum Gasteiger partial charge on any atom is -0.316 e. The van der Waals surface area contributed by atoms with Gasteiger partial charge in [0.2, 0.25) is 20.0 Å². The molecule has 1 fully saturated rings. The van der Waals surface area contributed by atoms with Gasteiger partial charge in [0.25, 0.3) is 0 Å². The molecule has 144 valence electrons. The van der Waals surface area contributed by atoms with Crippen molar-refractivity contribution in [2.45, 2.75) is 36.1 Å². The second kappa shape index (κ2) is 8.79. The van der Waals surface area contributed by atoms with Crippen molar-refractivity contribution in [2.24, 2.45) is 0 Å². The minimum atomic E-state index is -3.69. The third-order valence-electron chi connectivity index (χ3n) is 4.35. The monoisotopic (exact) mass is 411 g/mol. The fourth-order valence-corrected chi connectivity index (χ4v) is 5.96. The van der Waals surface area contributed by atoms with E-state index in [0.29, 0.717) is 26.2 Å². The largest absolute Gasteiger partial charge is 0.316 e. The van der Waals surface area contributed by atoms with Gasteiger partial charge in [-0.2, -0.15) is 8.61 Å². The summed E-state index contributed by atoms with van der Waals surface area (Å²) in [7, 11) is -5.57. The van der Waals surface area contributed by atoms with Gasteiger partial charge in [-0.05, 0) is 31.7 Å². The first kappa shape index (κ1) is 22.3. The summed E-state index contributed by atoms with van der Waals surface area (Å²) < 4.78 is 53.5. The van der Waals surface area contributed by atoms with Gasteiger partial charge in [0.1, 0.15) is 0 Å². The molecule has 7 nitrogen and oxygen atoms in total. The standard InChI is InChI=1S/C15H25N3O4S2.ClH/c1-4-17(5-2)23(19,20)14-7-6-8-15(11-14)24(21,22)18-10-9-13(12-18)16-3;/h6-8,11,13,16H,4-5,9-10,12H2,1-3H3;1H. The third kappa shape index (κ3) is 4.53. The van der Waals surface area contributed by atoms with Crippen LogP contribution < -0.4 is 5.32 Å². The summed E-state index contributed by atoms with van der Waals surface area (Å²) in [5.74, 6) is 0. The Kier molecular flexibility index (Phi) is 7.85. The number of nitrogens with one attached hydrogen (secondary N) is 1. The summed E-state index contributed by atoms with van der Waals surface area (Å²) in [5, 5.41) is 3.07. The van der Waals surface area contributed by atoms with E-state index in [1.807, 2.05) is 0 Å². The van der Waals surface area contributed by atoms with Crippen LogP contribution in [0.5, 0.6) is 0 Å². The number of rotatable bonds is 7. The van der Waals surface area contributed by atoms with Crippen molar-refractivity contribution in [1.29, 1.82) is 0 Å². The lowest BCUT2D eigenvalue weighted by atomic mass is 10.3. The van der Waals surface area contributed by atoms with E-state index in [2.05, 4.69) is 5.32 Å². The Bertz CT molecular complexity index is 780. The van der Waals surface area contributed by atoms with Crippen LogP contribution in [0.25, 0.3) is 0 Å². The summed E-state index contributed by atoms with van der Waals surface area (Å²) in [5.41, 5.74) is 0. The van der Waals surface area contributed by atoms with Crippen LogP contribution in [0.1, 0.15) is 20.3 Å². The summed E-state index contributed by atoms with van der Waals surface area (Å²) in [4.78, 5) is 0.0316. The highest BCUT2D eigenvalue weighted by Crippen LogP contribution is 2.24. The van der Waals surface area contributed by atoms with Crippen LogP contribution in [0.3, 0.4) is 0 Å². The first-order valence-electron chi connectivity index (χ1n) is 8.05. The van der Waals surface area contributed by atoms with Crippen molar-refractivity contribution in [1.82, 2.24) is 13.9 Å². The molecule has 1 unspecified atom stereocenters. The summed E-state index contributed by atoms with van der Waals surface area (Å²) in [6.07, 6.45) is 0.743. The molecular formula is C15H26ClN3O4S2. The van der Waals surface area contributed by atoms with E-state index < -0.39 is 20.0 Å². The predicted octanol–water partition coefficient (Wildman–Crippen LogP) is 1.12. The number of benzene rings is 1. The van der Waals surface area contributed by atoms with Crippen molar-refractivity contribution in [3.8, 4) is 0 Å². The number of sulfonamides is 2. The highest BCUT2D eigenvalue weighted by Gasteiger charge is 2.33. The van der Waals surface area contributed by atoms with Gasteiger partial charge < -0.3 is 5.32 Å². The van der Waals surface area contributed by atoms with Crippen LogP contribution in [0, 0.1) is 0 Å². The molecule has 1 atom stereocenters.